The zero-order valence-corrected chi connectivity index (χ0v) is 25.3. The van der Waals surface area contributed by atoms with Gasteiger partial charge in [-0.3, -0.25) is 4.79 Å². The Bertz CT molecular complexity index is 778. The first-order chi connectivity index (χ1) is 19.1. The maximum absolute atomic E-state index is 11.9. The summed E-state index contributed by atoms with van der Waals surface area (Å²) in [5.41, 5.74) is 1.15. The minimum absolute atomic E-state index is 0.271. The summed E-state index contributed by atoms with van der Waals surface area (Å²) in [6.45, 7) is 18.0. The summed E-state index contributed by atoms with van der Waals surface area (Å²) in [6.07, 6.45) is 9.30. The van der Waals surface area contributed by atoms with E-state index in [1.807, 2.05) is 12.1 Å². The Morgan fingerprint density at radius 1 is 0.641 bits per heavy atom. The Hall–Kier alpha value is -2.05. The smallest absolute Gasteiger partial charge is 0.195 e. The number of hydrogen-bond donors (Lipinski definition) is 1. The maximum Gasteiger partial charge on any atom is 0.195 e. The van der Waals surface area contributed by atoms with E-state index in [2.05, 4.69) is 37.5 Å². The molecule has 0 saturated heterocycles. The maximum atomic E-state index is 11.9. The van der Waals surface area contributed by atoms with Crippen LogP contribution in [0.5, 0.6) is 0 Å². The van der Waals surface area contributed by atoms with Crippen molar-refractivity contribution in [3.8, 4) is 0 Å². The summed E-state index contributed by atoms with van der Waals surface area (Å²) in [6, 6.07) is 17.7. The van der Waals surface area contributed by atoms with Crippen molar-refractivity contribution in [1.29, 1.82) is 0 Å². The molecule has 2 aromatic carbocycles. The lowest BCUT2D eigenvalue weighted by atomic mass is 10.0. The van der Waals surface area contributed by atoms with E-state index in [1.54, 1.807) is 48.5 Å². The van der Waals surface area contributed by atoms with Gasteiger partial charge in [0.2, 0.25) is 0 Å². The summed E-state index contributed by atoms with van der Waals surface area (Å²) < 4.78 is 5.93. The van der Waals surface area contributed by atoms with Gasteiger partial charge in [-0.05, 0) is 57.4 Å². The van der Waals surface area contributed by atoms with Crippen LogP contribution in [0.3, 0.4) is 0 Å². The van der Waals surface area contributed by atoms with Crippen molar-refractivity contribution in [3.05, 3.63) is 71.8 Å². The largest absolute Gasteiger partial charge is 0.380 e. The summed E-state index contributed by atoms with van der Waals surface area (Å²) in [5, 5.41) is 9.89. The van der Waals surface area contributed by atoms with Gasteiger partial charge in [-0.2, -0.15) is 0 Å². The molecule has 0 aliphatic rings. The number of ketones is 1. The van der Waals surface area contributed by atoms with Crippen molar-refractivity contribution < 1.29 is 14.6 Å². The number of benzene rings is 2. The van der Waals surface area contributed by atoms with Crippen LogP contribution in [0, 0.1) is 0 Å². The third kappa shape index (κ3) is 16.6. The molecule has 0 bridgehead atoms. The molecule has 5 heteroatoms. The molecule has 5 nitrogen and oxygen atoms in total. The Morgan fingerprint density at radius 3 is 1.41 bits per heavy atom. The van der Waals surface area contributed by atoms with Gasteiger partial charge in [0.05, 0.1) is 13.2 Å². The lowest BCUT2D eigenvalue weighted by Gasteiger charge is -2.23. The van der Waals surface area contributed by atoms with Gasteiger partial charge in [0.15, 0.2) is 5.78 Å². The molecule has 0 aliphatic heterocycles. The highest BCUT2D eigenvalue weighted by Crippen LogP contribution is 2.17. The van der Waals surface area contributed by atoms with Crippen LogP contribution >= 0.6 is 0 Å². The number of rotatable bonds is 21. The average Bonchev–Trinajstić information content (AvgIpc) is 2.99. The van der Waals surface area contributed by atoms with E-state index in [0.717, 1.165) is 26.3 Å². The fraction of sp³-hybridized carbons (Fsp3) is 0.618. The van der Waals surface area contributed by atoms with E-state index in [1.165, 1.54) is 77.5 Å². The average molecular weight is 541 g/mol. The highest BCUT2D eigenvalue weighted by molar-refractivity contribution is 5.99. The first-order valence-corrected chi connectivity index (χ1v) is 15.4. The van der Waals surface area contributed by atoms with Crippen molar-refractivity contribution in [2.75, 3.05) is 52.5 Å². The number of aliphatic hydroxyl groups is 1. The van der Waals surface area contributed by atoms with Gasteiger partial charge in [0.1, 0.15) is 6.10 Å². The minimum atomic E-state index is -1.08. The highest BCUT2D eigenvalue weighted by Gasteiger charge is 2.18. The Labute approximate surface area is 239 Å². The second-order valence-electron chi connectivity index (χ2n) is 10.3. The molecule has 1 atom stereocenters. The predicted octanol–water partition coefficient (Wildman–Crippen LogP) is 7.41. The fourth-order valence-corrected chi connectivity index (χ4v) is 4.23. The van der Waals surface area contributed by atoms with Crippen LogP contribution in [0.4, 0.5) is 0 Å². The number of carbonyl (C=O) groups excluding carboxylic acids is 1. The molecule has 0 amide bonds. The summed E-state index contributed by atoms with van der Waals surface area (Å²) in [4.78, 5) is 17.1. The van der Waals surface area contributed by atoms with Crippen molar-refractivity contribution >= 4 is 5.78 Å². The van der Waals surface area contributed by atoms with E-state index in [9.17, 15) is 9.90 Å². The van der Waals surface area contributed by atoms with Crippen LogP contribution in [-0.2, 0) is 4.74 Å². The number of ether oxygens (including phenoxy) is 1. The Kier molecular flexibility index (Phi) is 21.3. The van der Waals surface area contributed by atoms with Gasteiger partial charge in [-0.15, -0.1) is 0 Å². The quantitative estimate of drug-likeness (QED) is 0.132. The van der Waals surface area contributed by atoms with Crippen LogP contribution < -0.4 is 0 Å². The molecule has 0 spiro atoms. The number of Topliss-reactive ketones (excluding diaryl/α,β-unsaturated/α-hetero) is 1. The molecule has 220 valence electrons. The molecule has 0 aromatic heterocycles. The molecule has 1 unspecified atom stereocenters. The van der Waals surface area contributed by atoms with E-state index in [0.29, 0.717) is 11.1 Å². The summed E-state index contributed by atoms with van der Waals surface area (Å²) in [7, 11) is 0. The predicted molar refractivity (Wildman–Crippen MR) is 166 cm³/mol. The lowest BCUT2D eigenvalue weighted by Crippen LogP contribution is -2.32. The molecule has 0 radical (unpaired) electrons. The number of hydrogen-bond acceptors (Lipinski definition) is 5. The summed E-state index contributed by atoms with van der Waals surface area (Å²) >= 11 is 0. The molecule has 2 aromatic rings. The topological polar surface area (TPSA) is 53.0 Å². The Morgan fingerprint density at radius 2 is 1.03 bits per heavy atom. The monoisotopic (exact) mass is 540 g/mol. The van der Waals surface area contributed by atoms with E-state index < -0.39 is 6.10 Å². The van der Waals surface area contributed by atoms with Crippen LogP contribution in [-0.4, -0.2) is 73.2 Å². The first kappa shape index (κ1) is 35.0. The minimum Gasteiger partial charge on any atom is -0.380 e. The van der Waals surface area contributed by atoms with E-state index >= 15 is 0 Å². The van der Waals surface area contributed by atoms with Crippen molar-refractivity contribution in [3.63, 3.8) is 0 Å². The zero-order valence-electron chi connectivity index (χ0n) is 25.3. The zero-order chi connectivity index (χ0) is 28.6. The van der Waals surface area contributed by atoms with Crippen LogP contribution in [0.15, 0.2) is 60.7 Å². The van der Waals surface area contributed by atoms with Crippen molar-refractivity contribution in [1.82, 2.24) is 9.80 Å². The van der Waals surface area contributed by atoms with Gasteiger partial charge in [0, 0.05) is 18.7 Å². The number of unbranched alkanes of at least 4 members (excludes halogenated alkanes) is 4. The van der Waals surface area contributed by atoms with Crippen molar-refractivity contribution in [2.45, 2.75) is 85.2 Å². The van der Waals surface area contributed by atoms with Crippen LogP contribution in [0.1, 0.15) is 101 Å². The molecule has 2 rings (SSSR count). The van der Waals surface area contributed by atoms with Gasteiger partial charge in [0.25, 0.3) is 0 Å². The number of aliphatic hydroxyl groups excluding tert-OH is 1. The second kappa shape index (κ2) is 23.8. The van der Waals surface area contributed by atoms with E-state index in [4.69, 9.17) is 4.74 Å². The molecule has 0 fully saturated rings. The highest BCUT2D eigenvalue weighted by atomic mass is 16.5. The van der Waals surface area contributed by atoms with Crippen LogP contribution in [0.2, 0.25) is 0 Å². The second-order valence-corrected chi connectivity index (χ2v) is 10.3. The molecular formula is C34H56N2O3. The molecule has 0 saturated carbocycles. The Balaban J connectivity index is 0.000000412. The first-order valence-electron chi connectivity index (χ1n) is 15.4. The molecule has 39 heavy (non-hydrogen) atoms. The molecule has 1 N–H and O–H groups in total. The SMILES string of the molecule is CCCCN(CCCC)CCOCCN(CCCC)CCCC.O=C(c1ccccc1)C(O)c1ccccc1. The van der Waals surface area contributed by atoms with E-state index in [-0.39, 0.29) is 5.78 Å². The van der Waals surface area contributed by atoms with Gasteiger partial charge >= 0.3 is 0 Å². The molecule has 0 heterocycles. The normalized spacial score (nSPS) is 11.9. The molecule has 0 aliphatic carbocycles. The third-order valence-electron chi connectivity index (χ3n) is 6.84. The summed E-state index contributed by atoms with van der Waals surface area (Å²) in [5.74, 6) is -0.271. The van der Waals surface area contributed by atoms with Gasteiger partial charge < -0.3 is 19.6 Å². The fourth-order valence-electron chi connectivity index (χ4n) is 4.23. The molecular weight excluding hydrogens is 484 g/mol. The van der Waals surface area contributed by atoms with Crippen LogP contribution in [0.25, 0.3) is 0 Å². The third-order valence-corrected chi connectivity index (χ3v) is 6.84. The standard InChI is InChI=1S/C20H44N2O.C14H12O2/c1-5-9-13-21(14-10-6-2)17-19-23-20-18-22(15-11-7-3)16-12-8-4;15-13(11-7-3-1-4-8-11)14(16)12-9-5-2-6-10-12/h5-20H2,1-4H3;1-10,13,15H. The number of nitrogens with zero attached hydrogens (tertiary/aromatic N) is 2. The van der Waals surface area contributed by atoms with Gasteiger partial charge in [-0.25, -0.2) is 0 Å². The number of carbonyl (C=O) groups is 1. The lowest BCUT2D eigenvalue weighted by molar-refractivity contribution is 0.0747. The van der Waals surface area contributed by atoms with Gasteiger partial charge in [-0.1, -0.05) is 114 Å². The van der Waals surface area contributed by atoms with Crippen molar-refractivity contribution in [2.24, 2.45) is 0 Å².